The summed E-state index contributed by atoms with van der Waals surface area (Å²) in [4.78, 5) is 1.97. The summed E-state index contributed by atoms with van der Waals surface area (Å²) in [5.74, 6) is 0. The summed E-state index contributed by atoms with van der Waals surface area (Å²) in [7, 11) is 0. The van der Waals surface area contributed by atoms with Crippen LogP contribution in [0.3, 0.4) is 0 Å². The van der Waals surface area contributed by atoms with Gasteiger partial charge in [-0.05, 0) is 0 Å². The molecule has 4 heteroatoms. The fourth-order valence-electron chi connectivity index (χ4n) is 1.01. The Balaban J connectivity index is 2.13. The number of nitrogens with zero attached hydrogens (tertiary/aromatic N) is 1. The van der Waals surface area contributed by atoms with E-state index in [4.69, 9.17) is 14.9 Å². The molecule has 0 aromatic heterocycles. The van der Waals surface area contributed by atoms with Crippen molar-refractivity contribution >= 4 is 0 Å². The third-order valence-electron chi connectivity index (χ3n) is 1.53. The number of morpholine rings is 1. The highest BCUT2D eigenvalue weighted by atomic mass is 16.5. The SMILES string of the molecule is OC(O)CN1CCOCC1. The van der Waals surface area contributed by atoms with Crippen molar-refractivity contribution in [3.05, 3.63) is 0 Å². The van der Waals surface area contributed by atoms with Gasteiger partial charge in [-0.25, -0.2) is 0 Å². The van der Waals surface area contributed by atoms with Gasteiger partial charge in [0.1, 0.15) is 0 Å². The molecule has 1 heterocycles. The molecule has 1 saturated heterocycles. The second kappa shape index (κ2) is 3.88. The third-order valence-corrected chi connectivity index (χ3v) is 1.53. The van der Waals surface area contributed by atoms with E-state index in [0.717, 1.165) is 13.1 Å². The van der Waals surface area contributed by atoms with Gasteiger partial charge in [-0.2, -0.15) is 0 Å². The molecule has 2 N–H and O–H groups in total. The molecule has 0 atom stereocenters. The van der Waals surface area contributed by atoms with Crippen molar-refractivity contribution in [2.75, 3.05) is 32.8 Å². The van der Waals surface area contributed by atoms with Gasteiger partial charge in [0, 0.05) is 19.6 Å². The molecule has 1 fully saturated rings. The Morgan fingerprint density at radius 2 is 1.90 bits per heavy atom. The standard InChI is InChI=1S/C6H13NO3/c8-6(9)5-7-1-3-10-4-2-7/h6,8-9H,1-5H2. The lowest BCUT2D eigenvalue weighted by atomic mass is 10.4. The first-order valence-corrected chi connectivity index (χ1v) is 3.45. The highest BCUT2D eigenvalue weighted by molar-refractivity contribution is 4.61. The predicted octanol–water partition coefficient (Wildman–Crippen LogP) is -1.37. The molecule has 0 aromatic carbocycles. The summed E-state index contributed by atoms with van der Waals surface area (Å²) in [6, 6.07) is 0. The number of hydrogen-bond donors (Lipinski definition) is 2. The summed E-state index contributed by atoms with van der Waals surface area (Å²) in [5.41, 5.74) is 0. The molecular weight excluding hydrogens is 134 g/mol. The van der Waals surface area contributed by atoms with Gasteiger partial charge in [0.25, 0.3) is 0 Å². The van der Waals surface area contributed by atoms with Crippen LogP contribution in [0.2, 0.25) is 0 Å². The Kier molecular flexibility index (Phi) is 3.08. The van der Waals surface area contributed by atoms with Gasteiger partial charge >= 0.3 is 0 Å². The van der Waals surface area contributed by atoms with Crippen LogP contribution in [0.25, 0.3) is 0 Å². The number of aliphatic hydroxyl groups is 2. The molecule has 60 valence electrons. The summed E-state index contributed by atoms with van der Waals surface area (Å²) < 4.78 is 5.08. The van der Waals surface area contributed by atoms with E-state index < -0.39 is 6.29 Å². The molecule has 4 nitrogen and oxygen atoms in total. The average Bonchev–Trinajstić information content (AvgIpc) is 1.88. The summed E-state index contributed by atoms with van der Waals surface area (Å²) in [6.07, 6.45) is -1.21. The van der Waals surface area contributed by atoms with Gasteiger partial charge in [-0.3, -0.25) is 4.90 Å². The molecule has 0 bridgehead atoms. The Labute approximate surface area is 60.0 Å². The molecule has 1 aliphatic heterocycles. The quantitative estimate of drug-likeness (QED) is 0.473. The number of β-amino-alcohol motifs (C(OH)–C–C–N with tert-alkyl or cyclic N) is 2. The zero-order chi connectivity index (χ0) is 7.40. The zero-order valence-corrected chi connectivity index (χ0v) is 5.86. The lowest BCUT2D eigenvalue weighted by Gasteiger charge is -2.26. The Hall–Kier alpha value is -0.160. The fourth-order valence-corrected chi connectivity index (χ4v) is 1.01. The molecule has 0 saturated carbocycles. The smallest absolute Gasteiger partial charge is 0.164 e. The first kappa shape index (κ1) is 7.94. The van der Waals surface area contributed by atoms with E-state index in [9.17, 15) is 0 Å². The lowest BCUT2D eigenvalue weighted by Crippen LogP contribution is -2.40. The van der Waals surface area contributed by atoms with Crippen molar-refractivity contribution in [2.45, 2.75) is 6.29 Å². The summed E-state index contributed by atoms with van der Waals surface area (Å²) in [6.45, 7) is 3.35. The Morgan fingerprint density at radius 1 is 1.30 bits per heavy atom. The van der Waals surface area contributed by atoms with E-state index in [1.807, 2.05) is 4.90 Å². The molecule has 0 aromatic rings. The first-order chi connectivity index (χ1) is 4.79. The monoisotopic (exact) mass is 147 g/mol. The first-order valence-electron chi connectivity index (χ1n) is 3.45. The van der Waals surface area contributed by atoms with E-state index in [0.29, 0.717) is 19.8 Å². The van der Waals surface area contributed by atoms with Gasteiger partial charge < -0.3 is 14.9 Å². The Bertz CT molecular complexity index is 91.0. The number of ether oxygens (including phenoxy) is 1. The van der Waals surface area contributed by atoms with Gasteiger partial charge in [0.2, 0.25) is 0 Å². The maximum absolute atomic E-state index is 8.58. The maximum atomic E-state index is 8.58. The van der Waals surface area contributed by atoms with E-state index in [1.54, 1.807) is 0 Å². The van der Waals surface area contributed by atoms with E-state index >= 15 is 0 Å². The van der Waals surface area contributed by atoms with Gasteiger partial charge in [-0.1, -0.05) is 0 Å². The minimum Gasteiger partial charge on any atom is -0.379 e. The van der Waals surface area contributed by atoms with E-state index in [1.165, 1.54) is 0 Å². The van der Waals surface area contributed by atoms with Crippen LogP contribution in [0.1, 0.15) is 0 Å². The van der Waals surface area contributed by atoms with Crippen LogP contribution in [0.4, 0.5) is 0 Å². The number of aliphatic hydroxyl groups excluding tert-OH is 1. The second-order valence-corrected chi connectivity index (χ2v) is 2.39. The van der Waals surface area contributed by atoms with Crippen molar-refractivity contribution in [2.24, 2.45) is 0 Å². The van der Waals surface area contributed by atoms with Gasteiger partial charge in [0.15, 0.2) is 6.29 Å². The molecule has 10 heavy (non-hydrogen) atoms. The maximum Gasteiger partial charge on any atom is 0.164 e. The van der Waals surface area contributed by atoms with Gasteiger partial charge in [-0.15, -0.1) is 0 Å². The van der Waals surface area contributed by atoms with Gasteiger partial charge in [0.05, 0.1) is 13.2 Å². The minimum absolute atomic E-state index is 0.337. The Morgan fingerprint density at radius 3 is 2.40 bits per heavy atom. The molecule has 0 aliphatic carbocycles. The normalized spacial score (nSPS) is 21.9. The summed E-state index contributed by atoms with van der Waals surface area (Å²) in [5, 5.41) is 17.2. The zero-order valence-electron chi connectivity index (χ0n) is 5.86. The van der Waals surface area contributed by atoms with Crippen LogP contribution in [0.15, 0.2) is 0 Å². The molecule has 0 unspecified atom stereocenters. The van der Waals surface area contributed by atoms with Crippen molar-refractivity contribution in [1.29, 1.82) is 0 Å². The second-order valence-electron chi connectivity index (χ2n) is 2.39. The number of hydrogen-bond acceptors (Lipinski definition) is 4. The fraction of sp³-hybridized carbons (Fsp3) is 1.00. The van der Waals surface area contributed by atoms with Crippen LogP contribution in [-0.4, -0.2) is 54.3 Å². The van der Waals surface area contributed by atoms with Crippen molar-refractivity contribution in [3.63, 3.8) is 0 Å². The van der Waals surface area contributed by atoms with Crippen LogP contribution in [0.5, 0.6) is 0 Å². The molecule has 1 rings (SSSR count). The van der Waals surface area contributed by atoms with Crippen molar-refractivity contribution < 1.29 is 14.9 Å². The summed E-state index contributed by atoms with van der Waals surface area (Å²) >= 11 is 0. The van der Waals surface area contributed by atoms with E-state index in [-0.39, 0.29) is 0 Å². The molecule has 1 aliphatic rings. The minimum atomic E-state index is -1.21. The van der Waals surface area contributed by atoms with Crippen LogP contribution in [-0.2, 0) is 4.74 Å². The predicted molar refractivity (Wildman–Crippen MR) is 35.5 cm³/mol. The molecular formula is C6H13NO3. The lowest BCUT2D eigenvalue weighted by molar-refractivity contribution is -0.0763. The molecule has 0 amide bonds. The van der Waals surface area contributed by atoms with Crippen molar-refractivity contribution in [3.8, 4) is 0 Å². The highest BCUT2D eigenvalue weighted by Gasteiger charge is 2.12. The topological polar surface area (TPSA) is 52.9 Å². The highest BCUT2D eigenvalue weighted by Crippen LogP contribution is 1.96. The molecule has 0 radical (unpaired) electrons. The van der Waals surface area contributed by atoms with Crippen LogP contribution >= 0.6 is 0 Å². The van der Waals surface area contributed by atoms with Crippen molar-refractivity contribution in [1.82, 2.24) is 4.90 Å². The average molecular weight is 147 g/mol. The van der Waals surface area contributed by atoms with E-state index in [2.05, 4.69) is 0 Å². The largest absolute Gasteiger partial charge is 0.379 e. The number of rotatable bonds is 2. The molecule has 0 spiro atoms. The third kappa shape index (κ3) is 2.62. The van der Waals surface area contributed by atoms with Crippen LogP contribution < -0.4 is 0 Å². The van der Waals surface area contributed by atoms with Crippen LogP contribution in [0, 0.1) is 0 Å².